The third-order valence-electron chi connectivity index (χ3n) is 4.98. The molecule has 3 rings (SSSR count). The maximum Gasteiger partial charge on any atom is 0.293 e. The number of aromatic nitrogens is 1. The van der Waals surface area contributed by atoms with Crippen molar-refractivity contribution < 1.29 is 19.2 Å². The number of nitro benzene ring substituents is 1. The largest absolute Gasteiger partial charge is 0.481 e. The average Bonchev–Trinajstić information content (AvgIpc) is 2.77. The van der Waals surface area contributed by atoms with Crippen LogP contribution in [0.1, 0.15) is 22.8 Å². The SMILES string of the molecule is COc1ncccc1CNC(=O)c1ccc(N2CCN(C(C)=O)CC2)c([N+](=O)[O-])c1. The molecule has 2 heterocycles. The van der Waals surface area contributed by atoms with Gasteiger partial charge in [0.2, 0.25) is 11.8 Å². The number of pyridine rings is 1. The normalized spacial score (nSPS) is 13.7. The van der Waals surface area contributed by atoms with Gasteiger partial charge in [-0.1, -0.05) is 6.07 Å². The molecule has 0 radical (unpaired) electrons. The van der Waals surface area contributed by atoms with Gasteiger partial charge in [0.25, 0.3) is 11.6 Å². The van der Waals surface area contributed by atoms with E-state index in [1.54, 1.807) is 35.4 Å². The average molecular weight is 413 g/mol. The van der Waals surface area contributed by atoms with Gasteiger partial charge in [-0.05, 0) is 18.2 Å². The zero-order valence-electron chi connectivity index (χ0n) is 16.8. The third-order valence-corrected chi connectivity index (χ3v) is 4.98. The predicted molar refractivity (Wildman–Crippen MR) is 110 cm³/mol. The molecule has 0 aliphatic carbocycles. The van der Waals surface area contributed by atoms with Crippen molar-refractivity contribution in [1.29, 1.82) is 0 Å². The van der Waals surface area contributed by atoms with Gasteiger partial charge in [-0.25, -0.2) is 4.98 Å². The van der Waals surface area contributed by atoms with Crippen LogP contribution in [0.5, 0.6) is 5.88 Å². The van der Waals surface area contributed by atoms with E-state index in [4.69, 9.17) is 4.74 Å². The zero-order valence-corrected chi connectivity index (χ0v) is 16.8. The molecule has 2 amide bonds. The van der Waals surface area contributed by atoms with Crippen molar-refractivity contribution >= 4 is 23.2 Å². The summed E-state index contributed by atoms with van der Waals surface area (Å²) in [6, 6.07) is 7.94. The van der Waals surface area contributed by atoms with E-state index in [9.17, 15) is 19.7 Å². The van der Waals surface area contributed by atoms with Crippen LogP contribution in [0.2, 0.25) is 0 Å². The summed E-state index contributed by atoms with van der Waals surface area (Å²) in [7, 11) is 1.49. The van der Waals surface area contributed by atoms with E-state index < -0.39 is 10.8 Å². The summed E-state index contributed by atoms with van der Waals surface area (Å²) in [4.78, 5) is 42.8. The van der Waals surface area contributed by atoms with Crippen molar-refractivity contribution in [3.05, 3.63) is 57.8 Å². The highest BCUT2D eigenvalue weighted by Gasteiger charge is 2.26. The van der Waals surface area contributed by atoms with Crippen LogP contribution in [-0.2, 0) is 11.3 Å². The summed E-state index contributed by atoms with van der Waals surface area (Å²) in [5.74, 6) is -0.0396. The Balaban J connectivity index is 1.74. The van der Waals surface area contributed by atoms with E-state index in [1.165, 1.54) is 20.1 Å². The molecule has 1 aromatic carbocycles. The van der Waals surface area contributed by atoms with Gasteiger partial charge in [-0.3, -0.25) is 19.7 Å². The Labute approximate surface area is 173 Å². The molecule has 1 N–H and O–H groups in total. The van der Waals surface area contributed by atoms with Crippen molar-refractivity contribution in [2.24, 2.45) is 0 Å². The number of nitrogens with one attached hydrogen (secondary N) is 1. The summed E-state index contributed by atoms with van der Waals surface area (Å²) in [6.45, 7) is 3.67. The molecule has 0 saturated carbocycles. The minimum atomic E-state index is -0.492. The Morgan fingerprint density at radius 2 is 1.97 bits per heavy atom. The lowest BCUT2D eigenvalue weighted by molar-refractivity contribution is -0.384. The van der Waals surface area contributed by atoms with Gasteiger partial charge in [0.15, 0.2) is 0 Å². The highest BCUT2D eigenvalue weighted by molar-refractivity contribution is 5.95. The van der Waals surface area contributed by atoms with Crippen LogP contribution >= 0.6 is 0 Å². The van der Waals surface area contributed by atoms with Gasteiger partial charge in [0.05, 0.1) is 12.0 Å². The highest BCUT2D eigenvalue weighted by atomic mass is 16.6. The first-order chi connectivity index (χ1) is 14.4. The fraction of sp³-hybridized carbons (Fsp3) is 0.350. The van der Waals surface area contributed by atoms with Gasteiger partial charge < -0.3 is 19.9 Å². The molecular formula is C20H23N5O5. The van der Waals surface area contributed by atoms with Crippen molar-refractivity contribution in [2.45, 2.75) is 13.5 Å². The summed E-state index contributed by atoms with van der Waals surface area (Å²) in [5, 5.41) is 14.4. The molecule has 158 valence electrons. The number of nitrogens with zero attached hydrogens (tertiary/aromatic N) is 4. The lowest BCUT2D eigenvalue weighted by atomic mass is 10.1. The van der Waals surface area contributed by atoms with Crippen LogP contribution in [-0.4, -0.2) is 59.9 Å². The van der Waals surface area contributed by atoms with E-state index in [0.29, 0.717) is 43.3 Å². The van der Waals surface area contributed by atoms with E-state index in [-0.39, 0.29) is 23.7 Å². The third kappa shape index (κ3) is 4.65. The number of benzene rings is 1. The van der Waals surface area contributed by atoms with Crippen molar-refractivity contribution in [3.63, 3.8) is 0 Å². The molecular weight excluding hydrogens is 390 g/mol. The molecule has 1 aliphatic heterocycles. The monoisotopic (exact) mass is 413 g/mol. The first-order valence-electron chi connectivity index (χ1n) is 9.45. The van der Waals surface area contributed by atoms with E-state index in [2.05, 4.69) is 10.3 Å². The van der Waals surface area contributed by atoms with Crippen LogP contribution < -0.4 is 15.0 Å². The number of rotatable bonds is 6. The second-order valence-corrected chi connectivity index (χ2v) is 6.81. The van der Waals surface area contributed by atoms with Crippen LogP contribution in [0, 0.1) is 10.1 Å². The number of piperazine rings is 1. The lowest BCUT2D eigenvalue weighted by Gasteiger charge is -2.35. The molecule has 1 aliphatic rings. The van der Waals surface area contributed by atoms with Gasteiger partial charge in [-0.2, -0.15) is 0 Å². The molecule has 10 heteroatoms. The Morgan fingerprint density at radius 1 is 1.23 bits per heavy atom. The van der Waals surface area contributed by atoms with E-state index in [0.717, 1.165) is 0 Å². The predicted octanol–water partition coefficient (Wildman–Crippen LogP) is 1.60. The molecule has 1 aromatic heterocycles. The topological polar surface area (TPSA) is 118 Å². The molecule has 1 saturated heterocycles. The van der Waals surface area contributed by atoms with Crippen molar-refractivity contribution in [2.75, 3.05) is 38.2 Å². The number of methoxy groups -OCH3 is 1. The maximum absolute atomic E-state index is 12.5. The minimum Gasteiger partial charge on any atom is -0.481 e. The molecule has 10 nitrogen and oxygen atoms in total. The van der Waals surface area contributed by atoms with Gasteiger partial charge in [0.1, 0.15) is 5.69 Å². The minimum absolute atomic E-state index is 0.0126. The lowest BCUT2D eigenvalue weighted by Crippen LogP contribution is -2.48. The summed E-state index contributed by atoms with van der Waals surface area (Å²) in [6.07, 6.45) is 1.59. The number of carbonyl (C=O) groups excluding carboxylic acids is 2. The van der Waals surface area contributed by atoms with E-state index in [1.807, 2.05) is 4.90 Å². The van der Waals surface area contributed by atoms with Crippen LogP contribution in [0.25, 0.3) is 0 Å². The number of hydrogen-bond acceptors (Lipinski definition) is 7. The highest BCUT2D eigenvalue weighted by Crippen LogP contribution is 2.30. The van der Waals surface area contributed by atoms with Gasteiger partial charge in [0, 0.05) is 63.0 Å². The molecule has 30 heavy (non-hydrogen) atoms. The maximum atomic E-state index is 12.5. The molecule has 0 unspecified atom stereocenters. The Morgan fingerprint density at radius 3 is 2.60 bits per heavy atom. The second-order valence-electron chi connectivity index (χ2n) is 6.81. The smallest absolute Gasteiger partial charge is 0.293 e. The quantitative estimate of drug-likeness (QED) is 0.564. The van der Waals surface area contributed by atoms with Crippen LogP contribution in [0.4, 0.5) is 11.4 Å². The van der Waals surface area contributed by atoms with Gasteiger partial charge >= 0.3 is 0 Å². The molecule has 1 fully saturated rings. The number of hydrogen-bond donors (Lipinski definition) is 1. The van der Waals surface area contributed by atoms with Crippen molar-refractivity contribution in [1.82, 2.24) is 15.2 Å². The Bertz CT molecular complexity index is 956. The number of carbonyl (C=O) groups is 2. The summed E-state index contributed by atoms with van der Waals surface area (Å²) in [5.41, 5.74) is 1.19. The van der Waals surface area contributed by atoms with E-state index >= 15 is 0 Å². The number of nitro groups is 1. The first-order valence-corrected chi connectivity index (χ1v) is 9.45. The fourth-order valence-electron chi connectivity index (χ4n) is 3.36. The fourth-order valence-corrected chi connectivity index (χ4v) is 3.36. The van der Waals surface area contributed by atoms with Crippen LogP contribution in [0.15, 0.2) is 36.5 Å². The summed E-state index contributed by atoms with van der Waals surface area (Å²) >= 11 is 0. The van der Waals surface area contributed by atoms with Crippen LogP contribution in [0.3, 0.4) is 0 Å². The molecule has 0 atom stereocenters. The molecule has 0 bridgehead atoms. The zero-order chi connectivity index (χ0) is 21.7. The Kier molecular flexibility index (Phi) is 6.45. The standard InChI is InChI=1S/C20H23N5O5/c1-14(26)23-8-10-24(11-9-23)17-6-5-15(12-18(17)25(28)29)19(27)22-13-16-4-3-7-21-20(16)30-2/h3-7,12H,8-11,13H2,1-2H3,(H,22,27). The Hall–Kier alpha value is -3.69. The first kappa shape index (κ1) is 21.0. The molecule has 2 aromatic rings. The second kappa shape index (κ2) is 9.21. The number of amides is 2. The number of anilines is 1. The van der Waals surface area contributed by atoms with Gasteiger partial charge in [-0.15, -0.1) is 0 Å². The molecule has 0 spiro atoms. The van der Waals surface area contributed by atoms with Crippen molar-refractivity contribution in [3.8, 4) is 5.88 Å². The summed E-state index contributed by atoms with van der Waals surface area (Å²) < 4.78 is 5.16. The number of ether oxygens (including phenoxy) is 1.